The van der Waals surface area contributed by atoms with Crippen LogP contribution in [0.15, 0.2) is 23.2 Å². The van der Waals surface area contributed by atoms with Crippen LogP contribution < -0.4 is 10.6 Å². The number of nitrogens with zero attached hydrogens (tertiary/aromatic N) is 2. The fourth-order valence-electron chi connectivity index (χ4n) is 2.32. The Hall–Kier alpha value is -0.870. The number of hydrogen-bond donors (Lipinski definition) is 2. The van der Waals surface area contributed by atoms with Gasteiger partial charge in [-0.05, 0) is 50.3 Å². The van der Waals surface area contributed by atoms with E-state index in [1.165, 1.54) is 10.9 Å². The highest BCUT2D eigenvalue weighted by Gasteiger charge is 2.07. The highest BCUT2D eigenvalue weighted by molar-refractivity contribution is 14.0. The Labute approximate surface area is 180 Å². The van der Waals surface area contributed by atoms with Crippen LogP contribution in [0.5, 0.6) is 0 Å². The maximum Gasteiger partial charge on any atom is 0.191 e. The van der Waals surface area contributed by atoms with Gasteiger partial charge in [0.15, 0.2) is 5.96 Å². The van der Waals surface area contributed by atoms with Crippen molar-refractivity contribution in [3.8, 4) is 0 Å². The summed E-state index contributed by atoms with van der Waals surface area (Å²) in [6, 6.07) is 4.92. The molecule has 0 saturated heterocycles. The number of aromatic nitrogens is 1. The molecular weight excluding hydrogens is 482 g/mol. The Morgan fingerprint density at radius 2 is 2.04 bits per heavy atom. The van der Waals surface area contributed by atoms with Crippen LogP contribution in [0.4, 0.5) is 4.39 Å². The average molecular weight is 508 g/mol. The molecule has 0 unspecified atom stereocenters. The summed E-state index contributed by atoms with van der Waals surface area (Å²) in [6.07, 6.45) is 2.02. The summed E-state index contributed by atoms with van der Waals surface area (Å²) < 4.78 is 13.5. The number of aliphatic imine (C=N–C) groups is 1. The Bertz CT molecular complexity index is 714. The van der Waals surface area contributed by atoms with E-state index in [0.717, 1.165) is 40.1 Å². The van der Waals surface area contributed by atoms with E-state index in [0.29, 0.717) is 13.1 Å². The van der Waals surface area contributed by atoms with E-state index in [1.54, 1.807) is 29.2 Å². The highest BCUT2D eigenvalue weighted by Crippen LogP contribution is 2.18. The molecule has 4 nitrogen and oxygen atoms in total. The van der Waals surface area contributed by atoms with Crippen LogP contribution in [0.2, 0.25) is 0 Å². The fourth-order valence-corrected chi connectivity index (χ4v) is 3.77. The van der Waals surface area contributed by atoms with Crippen molar-refractivity contribution in [2.45, 2.75) is 39.6 Å². The van der Waals surface area contributed by atoms with Gasteiger partial charge in [-0.3, -0.25) is 0 Å². The Balaban J connectivity index is 0.00000338. The smallest absolute Gasteiger partial charge is 0.191 e. The van der Waals surface area contributed by atoms with Crippen LogP contribution in [0.3, 0.4) is 0 Å². The summed E-state index contributed by atoms with van der Waals surface area (Å²) in [4.78, 5) is 10.4. The average Bonchev–Trinajstić information content (AvgIpc) is 2.90. The number of halogens is 2. The second kappa shape index (κ2) is 11.8. The van der Waals surface area contributed by atoms with Crippen LogP contribution in [-0.2, 0) is 18.8 Å². The number of nitrogens with one attached hydrogen (secondary N) is 2. The summed E-state index contributed by atoms with van der Waals surface area (Å²) in [5.41, 5.74) is 3.13. The van der Waals surface area contributed by atoms with E-state index in [4.69, 9.17) is 0 Å². The van der Waals surface area contributed by atoms with Gasteiger partial charge in [0.25, 0.3) is 0 Å². The molecule has 0 atom stereocenters. The molecule has 2 N–H and O–H groups in total. The molecule has 144 valence electrons. The van der Waals surface area contributed by atoms with Gasteiger partial charge in [-0.2, -0.15) is 11.8 Å². The number of aryl methyl sites for hydroxylation is 2. The third-order valence-corrected chi connectivity index (χ3v) is 5.37. The van der Waals surface area contributed by atoms with Gasteiger partial charge < -0.3 is 10.6 Å². The van der Waals surface area contributed by atoms with Gasteiger partial charge >= 0.3 is 0 Å². The lowest BCUT2D eigenvalue weighted by atomic mass is 10.1. The zero-order valence-electron chi connectivity index (χ0n) is 15.6. The van der Waals surface area contributed by atoms with E-state index in [9.17, 15) is 4.39 Å². The Kier molecular flexibility index (Phi) is 10.5. The van der Waals surface area contributed by atoms with Gasteiger partial charge in [-0.25, -0.2) is 14.4 Å². The molecule has 0 bridgehead atoms. The minimum absolute atomic E-state index is 0. The van der Waals surface area contributed by atoms with Gasteiger partial charge in [0.05, 0.1) is 18.8 Å². The molecule has 1 aromatic carbocycles. The standard InChI is InChI=1S/C18H25FN4S2.HI/c1-5-20-18(22-10-17-23-12(2)13(3)25-17)21-9-14-6-7-16(19)8-15(14)11-24-4;/h6-8H,5,9-11H2,1-4H3,(H2,20,21,22);1H. The third kappa shape index (κ3) is 7.03. The zero-order valence-corrected chi connectivity index (χ0v) is 19.5. The lowest BCUT2D eigenvalue weighted by molar-refractivity contribution is 0.625. The number of thioether (sulfide) groups is 1. The van der Waals surface area contributed by atoms with Crippen molar-refractivity contribution < 1.29 is 4.39 Å². The first-order valence-corrected chi connectivity index (χ1v) is 10.5. The van der Waals surface area contributed by atoms with Crippen LogP contribution in [-0.4, -0.2) is 23.7 Å². The molecule has 26 heavy (non-hydrogen) atoms. The third-order valence-electron chi connectivity index (χ3n) is 3.70. The van der Waals surface area contributed by atoms with Crippen molar-refractivity contribution in [3.05, 3.63) is 50.7 Å². The minimum atomic E-state index is -0.198. The Morgan fingerprint density at radius 3 is 2.65 bits per heavy atom. The zero-order chi connectivity index (χ0) is 18.2. The van der Waals surface area contributed by atoms with Crippen molar-refractivity contribution in [2.75, 3.05) is 12.8 Å². The summed E-state index contributed by atoms with van der Waals surface area (Å²) in [6.45, 7) is 8.08. The lowest BCUT2D eigenvalue weighted by Crippen LogP contribution is -2.36. The molecule has 1 heterocycles. The van der Waals surface area contributed by atoms with Gasteiger partial charge in [-0.15, -0.1) is 35.3 Å². The molecular formula is C18H26FIN4S2. The second-order valence-electron chi connectivity index (χ2n) is 5.64. The minimum Gasteiger partial charge on any atom is -0.357 e. The predicted octanol–water partition coefficient (Wildman–Crippen LogP) is 4.64. The van der Waals surface area contributed by atoms with Crippen molar-refractivity contribution >= 4 is 53.0 Å². The topological polar surface area (TPSA) is 49.3 Å². The molecule has 0 radical (unpaired) electrons. The normalized spacial score (nSPS) is 11.2. The number of rotatable bonds is 7. The fraction of sp³-hybridized carbons (Fsp3) is 0.444. The largest absolute Gasteiger partial charge is 0.357 e. The summed E-state index contributed by atoms with van der Waals surface area (Å²) >= 11 is 3.38. The first-order chi connectivity index (χ1) is 12.0. The number of guanidine groups is 1. The van der Waals surface area contributed by atoms with Crippen LogP contribution in [0, 0.1) is 19.7 Å². The number of benzene rings is 1. The highest BCUT2D eigenvalue weighted by atomic mass is 127. The van der Waals surface area contributed by atoms with Gasteiger partial charge in [-0.1, -0.05) is 6.07 Å². The van der Waals surface area contributed by atoms with Crippen LogP contribution in [0.25, 0.3) is 0 Å². The van der Waals surface area contributed by atoms with Gasteiger partial charge in [0.2, 0.25) is 0 Å². The molecule has 0 fully saturated rings. The van der Waals surface area contributed by atoms with Crippen LogP contribution >= 0.6 is 47.1 Å². The molecule has 0 amide bonds. The molecule has 2 rings (SSSR count). The van der Waals surface area contributed by atoms with Crippen LogP contribution in [0.1, 0.15) is 33.6 Å². The van der Waals surface area contributed by atoms with E-state index >= 15 is 0 Å². The first kappa shape index (κ1) is 23.2. The molecule has 0 saturated carbocycles. The maximum atomic E-state index is 13.5. The van der Waals surface area contributed by atoms with Crippen molar-refractivity contribution in [2.24, 2.45) is 4.99 Å². The maximum absolute atomic E-state index is 13.5. The molecule has 0 aliphatic rings. The lowest BCUT2D eigenvalue weighted by Gasteiger charge is -2.11. The van der Waals surface area contributed by atoms with Crippen molar-refractivity contribution in [1.29, 1.82) is 0 Å². The molecule has 0 aliphatic heterocycles. The van der Waals surface area contributed by atoms with E-state index in [2.05, 4.69) is 27.5 Å². The van der Waals surface area contributed by atoms with Gasteiger partial charge in [0, 0.05) is 17.2 Å². The molecule has 8 heteroatoms. The monoisotopic (exact) mass is 508 g/mol. The van der Waals surface area contributed by atoms with Crippen molar-refractivity contribution in [1.82, 2.24) is 15.6 Å². The first-order valence-electron chi connectivity index (χ1n) is 8.24. The van der Waals surface area contributed by atoms with E-state index in [-0.39, 0.29) is 29.8 Å². The summed E-state index contributed by atoms with van der Waals surface area (Å²) in [7, 11) is 0. The quantitative estimate of drug-likeness (QED) is 0.325. The van der Waals surface area contributed by atoms with Crippen molar-refractivity contribution in [3.63, 3.8) is 0 Å². The van der Waals surface area contributed by atoms with Gasteiger partial charge in [0.1, 0.15) is 10.8 Å². The van der Waals surface area contributed by atoms with E-state index < -0.39 is 0 Å². The predicted molar refractivity (Wildman–Crippen MR) is 122 cm³/mol. The number of hydrogen-bond acceptors (Lipinski definition) is 4. The second-order valence-corrected chi connectivity index (χ2v) is 7.80. The molecule has 0 spiro atoms. The molecule has 2 aromatic rings. The number of thiazole rings is 1. The summed E-state index contributed by atoms with van der Waals surface area (Å²) in [5.74, 6) is 1.33. The SMILES string of the molecule is CCNC(=NCc1ccc(F)cc1CSC)NCc1nc(C)c(C)s1.I. The molecule has 1 aromatic heterocycles. The Morgan fingerprint density at radius 1 is 1.27 bits per heavy atom. The summed E-state index contributed by atoms with van der Waals surface area (Å²) in [5, 5.41) is 7.61. The molecule has 0 aliphatic carbocycles. The van der Waals surface area contributed by atoms with E-state index in [1.807, 2.05) is 26.2 Å².